The van der Waals surface area contributed by atoms with Gasteiger partial charge in [0.1, 0.15) is 5.75 Å². The van der Waals surface area contributed by atoms with E-state index in [9.17, 15) is 18.7 Å². The molecule has 3 rings (SSSR count). The first-order chi connectivity index (χ1) is 12.1. The van der Waals surface area contributed by atoms with Crippen LogP contribution in [-0.2, 0) is 6.54 Å². The molecule has 0 saturated heterocycles. The molecule has 0 atom stereocenters. The number of halogens is 2. The minimum absolute atomic E-state index is 0.0296. The predicted octanol–water partition coefficient (Wildman–Crippen LogP) is 3.91. The smallest absolute Gasteiger partial charge is 0.258 e. The maximum Gasteiger partial charge on any atom is 0.258 e. The summed E-state index contributed by atoms with van der Waals surface area (Å²) < 4.78 is 26.7. The van der Waals surface area contributed by atoms with Crippen LogP contribution in [0.5, 0.6) is 5.75 Å². The number of hydrogen-bond donors (Lipinski definition) is 1. The van der Waals surface area contributed by atoms with Gasteiger partial charge in [0.2, 0.25) is 0 Å². The largest absolute Gasteiger partial charge is 0.506 e. The van der Waals surface area contributed by atoms with Gasteiger partial charge in [-0.2, -0.15) is 0 Å². The summed E-state index contributed by atoms with van der Waals surface area (Å²) in [5.41, 5.74) is 0.808. The summed E-state index contributed by atoms with van der Waals surface area (Å²) in [4.78, 5) is 18.3. The molecule has 1 amide bonds. The second kappa shape index (κ2) is 7.09. The Bertz CT molecular complexity index is 901. The number of benzene rings is 2. The molecular weight excluding hydrogens is 326 g/mol. The molecule has 0 radical (unpaired) electrons. The van der Waals surface area contributed by atoms with E-state index in [4.69, 9.17) is 0 Å². The van der Waals surface area contributed by atoms with E-state index in [0.717, 1.165) is 12.1 Å². The van der Waals surface area contributed by atoms with Gasteiger partial charge in [0.15, 0.2) is 11.6 Å². The number of carbonyl (C=O) groups is 1. The van der Waals surface area contributed by atoms with Gasteiger partial charge in [-0.05, 0) is 42.5 Å². The number of anilines is 1. The summed E-state index contributed by atoms with van der Waals surface area (Å²) in [5, 5.41) is 10.1. The van der Waals surface area contributed by atoms with E-state index < -0.39 is 17.5 Å². The lowest BCUT2D eigenvalue weighted by Crippen LogP contribution is -2.31. The number of aromatic nitrogens is 1. The molecule has 0 bridgehead atoms. The lowest BCUT2D eigenvalue weighted by atomic mass is 10.1. The molecule has 1 N–H and O–H groups in total. The summed E-state index contributed by atoms with van der Waals surface area (Å²) in [6.45, 7) is 0.0657. The third-order valence-electron chi connectivity index (χ3n) is 3.63. The number of amides is 1. The molecule has 0 aliphatic heterocycles. The van der Waals surface area contributed by atoms with Gasteiger partial charge < -0.3 is 5.11 Å². The molecule has 0 spiro atoms. The Hall–Kier alpha value is -3.28. The molecule has 0 aliphatic rings. The van der Waals surface area contributed by atoms with Crippen LogP contribution in [0.1, 0.15) is 16.1 Å². The Morgan fingerprint density at radius 2 is 1.76 bits per heavy atom. The predicted molar refractivity (Wildman–Crippen MR) is 89.2 cm³/mol. The average molecular weight is 340 g/mol. The number of nitrogens with zero attached hydrogens (tertiary/aromatic N) is 2. The van der Waals surface area contributed by atoms with E-state index in [1.807, 2.05) is 0 Å². The van der Waals surface area contributed by atoms with Crippen molar-refractivity contribution in [1.29, 1.82) is 0 Å². The minimum atomic E-state index is -1.11. The van der Waals surface area contributed by atoms with Crippen molar-refractivity contribution in [2.24, 2.45) is 0 Å². The van der Waals surface area contributed by atoms with Gasteiger partial charge in [0, 0.05) is 11.8 Å². The molecule has 2 aromatic carbocycles. The van der Waals surface area contributed by atoms with Gasteiger partial charge in [-0.1, -0.05) is 18.2 Å². The fraction of sp³-hybridized carbons (Fsp3) is 0.0526. The summed E-state index contributed by atoms with van der Waals surface area (Å²) in [6, 6.07) is 14.5. The number of rotatable bonds is 4. The lowest BCUT2D eigenvalue weighted by molar-refractivity contribution is 0.0983. The maximum absolute atomic E-state index is 13.5. The highest BCUT2D eigenvalue weighted by molar-refractivity contribution is 6.06. The van der Waals surface area contributed by atoms with Gasteiger partial charge in [-0.25, -0.2) is 8.78 Å². The van der Waals surface area contributed by atoms with Crippen LogP contribution in [0.15, 0.2) is 66.9 Å². The highest BCUT2D eigenvalue weighted by atomic mass is 19.2. The van der Waals surface area contributed by atoms with E-state index in [2.05, 4.69) is 4.98 Å². The molecular formula is C19H14F2N2O2. The van der Waals surface area contributed by atoms with E-state index in [-0.39, 0.29) is 23.5 Å². The van der Waals surface area contributed by atoms with Crippen LogP contribution >= 0.6 is 0 Å². The monoisotopic (exact) mass is 340 g/mol. The first-order valence-electron chi connectivity index (χ1n) is 7.51. The summed E-state index contributed by atoms with van der Waals surface area (Å²) >= 11 is 0. The van der Waals surface area contributed by atoms with Crippen molar-refractivity contribution in [3.63, 3.8) is 0 Å². The molecule has 1 aromatic heterocycles. The quantitative estimate of drug-likeness (QED) is 0.783. The Balaban J connectivity index is 2.02. The molecule has 1 heterocycles. The highest BCUT2D eigenvalue weighted by Crippen LogP contribution is 2.29. The van der Waals surface area contributed by atoms with Crippen LogP contribution in [0, 0.1) is 11.6 Å². The van der Waals surface area contributed by atoms with Crippen molar-refractivity contribution in [2.45, 2.75) is 6.54 Å². The van der Waals surface area contributed by atoms with Gasteiger partial charge in [0.05, 0.1) is 17.9 Å². The van der Waals surface area contributed by atoms with Crippen molar-refractivity contribution >= 4 is 11.6 Å². The third kappa shape index (κ3) is 3.63. The zero-order valence-electron chi connectivity index (χ0n) is 13.1. The lowest BCUT2D eigenvalue weighted by Gasteiger charge is -2.23. The Morgan fingerprint density at radius 1 is 1.00 bits per heavy atom. The van der Waals surface area contributed by atoms with E-state index in [1.54, 1.807) is 42.6 Å². The number of carbonyl (C=O) groups excluding carboxylic acids is 1. The first kappa shape index (κ1) is 16.6. The molecule has 0 saturated carbocycles. The minimum Gasteiger partial charge on any atom is -0.506 e. The number of hydrogen-bond acceptors (Lipinski definition) is 3. The van der Waals surface area contributed by atoms with E-state index in [1.165, 1.54) is 17.0 Å². The van der Waals surface area contributed by atoms with Crippen LogP contribution in [0.2, 0.25) is 0 Å². The Labute approximate surface area is 143 Å². The molecule has 0 aliphatic carbocycles. The zero-order valence-corrected chi connectivity index (χ0v) is 13.1. The number of phenolic OH excluding ortho intramolecular Hbond substituents is 1. The van der Waals surface area contributed by atoms with Crippen molar-refractivity contribution in [1.82, 2.24) is 4.98 Å². The topological polar surface area (TPSA) is 53.4 Å². The fourth-order valence-electron chi connectivity index (χ4n) is 2.40. The standard InChI is InChI=1S/C19H14F2N2O2/c20-15-9-8-13(11-16(15)21)19(25)23(12-14-5-3-4-10-22-14)17-6-1-2-7-18(17)24/h1-11,24H,12H2. The summed E-state index contributed by atoms with van der Waals surface area (Å²) in [6.07, 6.45) is 1.58. The molecule has 4 nitrogen and oxygen atoms in total. The maximum atomic E-state index is 13.5. The van der Waals surface area contributed by atoms with Crippen LogP contribution in [0.4, 0.5) is 14.5 Å². The number of aromatic hydroxyl groups is 1. The number of phenols is 1. The van der Waals surface area contributed by atoms with Gasteiger partial charge in [-0.3, -0.25) is 14.7 Å². The highest BCUT2D eigenvalue weighted by Gasteiger charge is 2.22. The molecule has 25 heavy (non-hydrogen) atoms. The van der Waals surface area contributed by atoms with E-state index in [0.29, 0.717) is 5.69 Å². The Kier molecular flexibility index (Phi) is 4.70. The number of pyridine rings is 1. The normalized spacial score (nSPS) is 10.5. The van der Waals surface area contributed by atoms with Gasteiger partial charge >= 0.3 is 0 Å². The second-order valence-corrected chi connectivity index (χ2v) is 5.33. The molecule has 126 valence electrons. The van der Waals surface area contributed by atoms with Crippen molar-refractivity contribution in [3.05, 3.63) is 89.8 Å². The molecule has 0 unspecified atom stereocenters. The molecule has 3 aromatic rings. The van der Waals surface area contributed by atoms with Gasteiger partial charge in [0.25, 0.3) is 5.91 Å². The second-order valence-electron chi connectivity index (χ2n) is 5.33. The first-order valence-corrected chi connectivity index (χ1v) is 7.51. The Morgan fingerprint density at radius 3 is 2.44 bits per heavy atom. The van der Waals surface area contributed by atoms with Crippen LogP contribution in [0.25, 0.3) is 0 Å². The summed E-state index contributed by atoms with van der Waals surface area (Å²) in [5.74, 6) is -2.82. The third-order valence-corrected chi connectivity index (χ3v) is 3.63. The summed E-state index contributed by atoms with van der Waals surface area (Å²) in [7, 11) is 0. The fourth-order valence-corrected chi connectivity index (χ4v) is 2.40. The van der Waals surface area contributed by atoms with Crippen molar-refractivity contribution in [2.75, 3.05) is 4.90 Å². The SMILES string of the molecule is O=C(c1ccc(F)c(F)c1)N(Cc1ccccn1)c1ccccc1O. The van der Waals surface area contributed by atoms with Crippen LogP contribution in [-0.4, -0.2) is 16.0 Å². The average Bonchev–Trinajstić information content (AvgIpc) is 2.63. The van der Waals surface area contributed by atoms with Crippen molar-refractivity contribution < 1.29 is 18.7 Å². The molecule has 0 fully saturated rings. The van der Waals surface area contributed by atoms with Gasteiger partial charge in [-0.15, -0.1) is 0 Å². The number of para-hydroxylation sites is 2. The van der Waals surface area contributed by atoms with Crippen LogP contribution in [0.3, 0.4) is 0 Å². The van der Waals surface area contributed by atoms with E-state index >= 15 is 0 Å². The molecule has 6 heteroatoms. The zero-order chi connectivity index (χ0) is 17.8. The van der Waals surface area contributed by atoms with Crippen LogP contribution < -0.4 is 4.90 Å². The van der Waals surface area contributed by atoms with Crippen molar-refractivity contribution in [3.8, 4) is 5.75 Å².